The van der Waals surface area contributed by atoms with E-state index < -0.39 is 23.7 Å². The Labute approximate surface area is 124 Å². The summed E-state index contributed by atoms with van der Waals surface area (Å²) >= 11 is 0.789. The first-order valence-electron chi connectivity index (χ1n) is 6.57. The summed E-state index contributed by atoms with van der Waals surface area (Å²) in [6.07, 6.45) is -2.78. The highest BCUT2D eigenvalue weighted by Gasteiger charge is 2.61. The summed E-state index contributed by atoms with van der Waals surface area (Å²) in [4.78, 5) is 15.1. The molecule has 1 saturated carbocycles. The molecule has 1 fully saturated rings. The molecule has 1 heterocycles. The maximum absolute atomic E-state index is 13.4. The van der Waals surface area contributed by atoms with Crippen LogP contribution < -0.4 is 0 Å². The van der Waals surface area contributed by atoms with Crippen LogP contribution in [-0.2, 0) is 15.1 Å². The van der Waals surface area contributed by atoms with Gasteiger partial charge in [0, 0.05) is 17.5 Å². The molecule has 1 N–H and O–H groups in total. The standard InChI is InChI=1S/C13H16F3NO3S/c1-20-10(18)8-2-4-9(5-3-8)12(19,13(14,15)16)11-17-6-7-21-11/h6-9,19H,2-5H2,1H3. The minimum Gasteiger partial charge on any atom is -0.469 e. The third kappa shape index (κ3) is 2.91. The van der Waals surface area contributed by atoms with Crippen LogP contribution in [0.4, 0.5) is 13.2 Å². The number of methoxy groups -OCH3 is 1. The molecule has 0 saturated heterocycles. The van der Waals surface area contributed by atoms with Gasteiger partial charge in [-0.2, -0.15) is 13.2 Å². The maximum Gasteiger partial charge on any atom is 0.424 e. The lowest BCUT2D eigenvalue weighted by Gasteiger charge is -2.39. The second kappa shape index (κ2) is 5.92. The van der Waals surface area contributed by atoms with Gasteiger partial charge in [0.1, 0.15) is 5.01 Å². The quantitative estimate of drug-likeness (QED) is 0.869. The third-order valence-electron chi connectivity index (χ3n) is 4.04. The first-order valence-corrected chi connectivity index (χ1v) is 7.45. The molecule has 0 aromatic carbocycles. The summed E-state index contributed by atoms with van der Waals surface area (Å²) < 4.78 is 44.8. The van der Waals surface area contributed by atoms with E-state index in [-0.39, 0.29) is 36.6 Å². The molecule has 4 nitrogen and oxygen atoms in total. The second-order valence-corrected chi connectivity index (χ2v) is 6.07. The number of alkyl halides is 3. The zero-order valence-corrected chi connectivity index (χ0v) is 12.2. The molecule has 118 valence electrons. The van der Waals surface area contributed by atoms with E-state index in [9.17, 15) is 23.1 Å². The molecule has 0 spiro atoms. The zero-order valence-electron chi connectivity index (χ0n) is 11.4. The van der Waals surface area contributed by atoms with Crippen molar-refractivity contribution in [2.24, 2.45) is 11.8 Å². The van der Waals surface area contributed by atoms with Gasteiger partial charge in [-0.05, 0) is 25.7 Å². The van der Waals surface area contributed by atoms with E-state index in [4.69, 9.17) is 0 Å². The third-order valence-corrected chi connectivity index (χ3v) is 4.94. The SMILES string of the molecule is COC(=O)C1CCC(C(O)(c2nccs2)C(F)(F)F)CC1. The van der Waals surface area contributed by atoms with Crippen LogP contribution in [0.15, 0.2) is 11.6 Å². The van der Waals surface area contributed by atoms with Crippen LogP contribution in [0.3, 0.4) is 0 Å². The molecule has 8 heteroatoms. The van der Waals surface area contributed by atoms with E-state index in [1.54, 1.807) is 0 Å². The predicted molar refractivity (Wildman–Crippen MR) is 69.5 cm³/mol. The van der Waals surface area contributed by atoms with Crippen LogP contribution in [0.1, 0.15) is 30.7 Å². The number of carbonyl (C=O) groups excluding carboxylic acids is 1. The first-order chi connectivity index (χ1) is 9.80. The Morgan fingerprint density at radius 2 is 2.00 bits per heavy atom. The fourth-order valence-corrected chi connectivity index (χ4v) is 3.69. The van der Waals surface area contributed by atoms with Gasteiger partial charge >= 0.3 is 12.1 Å². The van der Waals surface area contributed by atoms with Gasteiger partial charge in [0.25, 0.3) is 0 Å². The molecule has 0 amide bonds. The van der Waals surface area contributed by atoms with Crippen LogP contribution in [0.5, 0.6) is 0 Å². The summed E-state index contributed by atoms with van der Waals surface area (Å²) in [6, 6.07) is 0. The molecule has 21 heavy (non-hydrogen) atoms. The first kappa shape index (κ1) is 16.2. The van der Waals surface area contributed by atoms with E-state index in [0.717, 1.165) is 11.3 Å². The highest BCUT2D eigenvalue weighted by atomic mass is 32.1. The van der Waals surface area contributed by atoms with E-state index in [1.165, 1.54) is 18.7 Å². The minimum atomic E-state index is -4.80. The van der Waals surface area contributed by atoms with Gasteiger partial charge < -0.3 is 9.84 Å². The molecular weight excluding hydrogens is 307 g/mol. The summed E-state index contributed by atoms with van der Waals surface area (Å²) in [6.45, 7) is 0. The Balaban J connectivity index is 2.20. The number of aliphatic hydroxyl groups is 1. The molecule has 2 rings (SSSR count). The molecule has 0 bridgehead atoms. The van der Waals surface area contributed by atoms with E-state index in [1.807, 2.05) is 0 Å². The number of thiazole rings is 1. The van der Waals surface area contributed by atoms with Crippen molar-refractivity contribution in [3.05, 3.63) is 16.6 Å². The van der Waals surface area contributed by atoms with Crippen molar-refractivity contribution < 1.29 is 27.8 Å². The lowest BCUT2D eigenvalue weighted by Crippen LogP contribution is -2.49. The molecule has 1 aliphatic carbocycles. The maximum atomic E-state index is 13.4. The molecule has 0 aliphatic heterocycles. The largest absolute Gasteiger partial charge is 0.469 e. The van der Waals surface area contributed by atoms with Crippen molar-refractivity contribution in [3.63, 3.8) is 0 Å². The predicted octanol–water partition coefficient (Wildman–Crippen LogP) is 2.87. The number of hydrogen-bond acceptors (Lipinski definition) is 5. The average Bonchev–Trinajstić information content (AvgIpc) is 2.99. The molecule has 0 radical (unpaired) electrons. The molecule has 1 aromatic heterocycles. The second-order valence-electron chi connectivity index (χ2n) is 5.17. The number of nitrogens with zero attached hydrogens (tertiary/aromatic N) is 1. The topological polar surface area (TPSA) is 59.4 Å². The van der Waals surface area contributed by atoms with Crippen LogP contribution >= 0.6 is 11.3 Å². The van der Waals surface area contributed by atoms with Crippen LogP contribution in [0.25, 0.3) is 0 Å². The number of hydrogen-bond donors (Lipinski definition) is 1. The number of rotatable bonds is 3. The minimum absolute atomic E-state index is 0.107. The highest BCUT2D eigenvalue weighted by Crippen LogP contribution is 2.50. The van der Waals surface area contributed by atoms with E-state index in [0.29, 0.717) is 0 Å². The van der Waals surface area contributed by atoms with Gasteiger partial charge in [-0.15, -0.1) is 11.3 Å². The van der Waals surface area contributed by atoms with Crippen LogP contribution in [0, 0.1) is 11.8 Å². The Kier molecular flexibility index (Phi) is 4.57. The summed E-state index contributed by atoms with van der Waals surface area (Å²) in [5.41, 5.74) is -2.94. The fourth-order valence-electron chi connectivity index (χ4n) is 2.85. The summed E-state index contributed by atoms with van der Waals surface area (Å²) in [7, 11) is 1.26. The van der Waals surface area contributed by atoms with Gasteiger partial charge in [0.2, 0.25) is 5.60 Å². The monoisotopic (exact) mass is 323 g/mol. The van der Waals surface area contributed by atoms with Gasteiger partial charge in [0.05, 0.1) is 13.0 Å². The fraction of sp³-hybridized carbons (Fsp3) is 0.692. The number of halogens is 3. The lowest BCUT2D eigenvalue weighted by atomic mass is 9.73. The summed E-state index contributed by atoms with van der Waals surface area (Å²) in [5, 5.41) is 11.4. The van der Waals surface area contributed by atoms with Crippen molar-refractivity contribution in [1.29, 1.82) is 0 Å². The van der Waals surface area contributed by atoms with Gasteiger partial charge in [-0.25, -0.2) is 4.98 Å². The van der Waals surface area contributed by atoms with Gasteiger partial charge in [-0.3, -0.25) is 4.79 Å². The van der Waals surface area contributed by atoms with E-state index >= 15 is 0 Å². The Bertz CT molecular complexity index is 483. The van der Waals surface area contributed by atoms with Crippen molar-refractivity contribution in [2.45, 2.75) is 37.5 Å². The van der Waals surface area contributed by atoms with Crippen LogP contribution in [-0.4, -0.2) is 29.3 Å². The van der Waals surface area contributed by atoms with Gasteiger partial charge in [0.15, 0.2) is 0 Å². The smallest absolute Gasteiger partial charge is 0.424 e. The normalized spacial score (nSPS) is 26.1. The molecule has 1 aromatic rings. The Morgan fingerprint density at radius 3 is 2.43 bits per heavy atom. The number of aromatic nitrogens is 1. The van der Waals surface area contributed by atoms with Gasteiger partial charge in [-0.1, -0.05) is 0 Å². The van der Waals surface area contributed by atoms with E-state index in [2.05, 4.69) is 9.72 Å². The molecular formula is C13H16F3NO3S. The summed E-state index contributed by atoms with van der Waals surface area (Å²) in [5.74, 6) is -1.79. The van der Waals surface area contributed by atoms with Crippen molar-refractivity contribution in [3.8, 4) is 0 Å². The lowest BCUT2D eigenvalue weighted by molar-refractivity contribution is -0.290. The Morgan fingerprint density at radius 1 is 1.38 bits per heavy atom. The van der Waals surface area contributed by atoms with Crippen molar-refractivity contribution in [1.82, 2.24) is 4.98 Å². The Hall–Kier alpha value is -1.15. The zero-order chi connectivity index (χ0) is 15.7. The van der Waals surface area contributed by atoms with Crippen molar-refractivity contribution >= 4 is 17.3 Å². The average molecular weight is 323 g/mol. The van der Waals surface area contributed by atoms with Crippen LogP contribution in [0.2, 0.25) is 0 Å². The number of esters is 1. The highest BCUT2D eigenvalue weighted by molar-refractivity contribution is 7.09. The number of carbonyl (C=O) groups is 1. The molecule has 1 unspecified atom stereocenters. The molecule has 1 aliphatic rings. The van der Waals surface area contributed by atoms with Crippen molar-refractivity contribution in [2.75, 3.05) is 7.11 Å². The number of ether oxygens (including phenoxy) is 1. The molecule has 1 atom stereocenters.